The zero-order valence-corrected chi connectivity index (χ0v) is 17.0. The molecule has 2 aromatic rings. The standard InChI is InChI=1S/C23H32N2O4/c1-2-3-4-5-6-15-29-20-13-9-18(10-14-20)23(28)25-21(16-26)22(27)17-7-11-19(24)12-8-17/h7-14,21-22,26-27H,2-6,15-16,24H2,1H3,(H,25,28). The zero-order valence-electron chi connectivity index (χ0n) is 17.0. The highest BCUT2D eigenvalue weighted by Gasteiger charge is 2.22. The Morgan fingerprint density at radius 3 is 2.31 bits per heavy atom. The maximum Gasteiger partial charge on any atom is 0.251 e. The van der Waals surface area contributed by atoms with Crippen LogP contribution in [0.3, 0.4) is 0 Å². The molecule has 29 heavy (non-hydrogen) atoms. The Labute approximate surface area is 172 Å². The van der Waals surface area contributed by atoms with Crippen LogP contribution in [0.25, 0.3) is 0 Å². The lowest BCUT2D eigenvalue weighted by Crippen LogP contribution is -2.41. The van der Waals surface area contributed by atoms with Gasteiger partial charge in [-0.3, -0.25) is 4.79 Å². The molecule has 0 saturated heterocycles. The molecule has 0 radical (unpaired) electrons. The second kappa shape index (κ2) is 12.1. The van der Waals surface area contributed by atoms with Crippen LogP contribution in [0, 0.1) is 0 Å². The molecule has 6 heteroatoms. The molecule has 0 aliphatic carbocycles. The molecule has 2 unspecified atom stereocenters. The first-order valence-electron chi connectivity index (χ1n) is 10.2. The van der Waals surface area contributed by atoms with Crippen molar-refractivity contribution in [3.63, 3.8) is 0 Å². The second-order valence-corrected chi connectivity index (χ2v) is 7.16. The van der Waals surface area contributed by atoms with Gasteiger partial charge >= 0.3 is 0 Å². The number of carbonyl (C=O) groups excluding carboxylic acids is 1. The van der Waals surface area contributed by atoms with E-state index in [4.69, 9.17) is 10.5 Å². The molecule has 1 amide bonds. The quantitative estimate of drug-likeness (QED) is 0.323. The van der Waals surface area contributed by atoms with E-state index in [-0.39, 0.29) is 5.91 Å². The summed E-state index contributed by atoms with van der Waals surface area (Å²) in [7, 11) is 0. The number of aliphatic hydroxyl groups is 2. The van der Waals surface area contributed by atoms with E-state index in [2.05, 4.69) is 12.2 Å². The first-order chi connectivity index (χ1) is 14.0. The van der Waals surface area contributed by atoms with Gasteiger partial charge in [0.1, 0.15) is 11.9 Å². The van der Waals surface area contributed by atoms with Crippen molar-refractivity contribution >= 4 is 11.6 Å². The lowest BCUT2D eigenvalue weighted by atomic mass is 10.0. The van der Waals surface area contributed by atoms with Gasteiger partial charge in [-0.15, -0.1) is 0 Å². The van der Waals surface area contributed by atoms with Gasteiger partial charge in [0.2, 0.25) is 0 Å². The van der Waals surface area contributed by atoms with Crippen LogP contribution in [-0.2, 0) is 0 Å². The highest BCUT2D eigenvalue weighted by molar-refractivity contribution is 5.94. The van der Waals surface area contributed by atoms with Gasteiger partial charge in [0.25, 0.3) is 5.91 Å². The number of hydrogen-bond donors (Lipinski definition) is 4. The van der Waals surface area contributed by atoms with E-state index in [1.54, 1.807) is 48.5 Å². The first-order valence-corrected chi connectivity index (χ1v) is 10.2. The van der Waals surface area contributed by atoms with Crippen LogP contribution in [0.5, 0.6) is 5.75 Å². The normalized spacial score (nSPS) is 12.9. The molecule has 2 aromatic carbocycles. The summed E-state index contributed by atoms with van der Waals surface area (Å²) < 4.78 is 5.71. The Morgan fingerprint density at radius 2 is 1.69 bits per heavy atom. The minimum atomic E-state index is -1.04. The number of nitrogen functional groups attached to an aromatic ring is 1. The smallest absolute Gasteiger partial charge is 0.251 e. The molecular formula is C23H32N2O4. The molecule has 0 aromatic heterocycles. The Morgan fingerprint density at radius 1 is 1.03 bits per heavy atom. The fourth-order valence-corrected chi connectivity index (χ4v) is 3.00. The van der Waals surface area contributed by atoms with Gasteiger partial charge in [0.05, 0.1) is 19.3 Å². The number of benzene rings is 2. The number of nitrogens with two attached hydrogens (primary N) is 1. The third kappa shape index (κ3) is 7.40. The fraction of sp³-hybridized carbons (Fsp3) is 0.435. The lowest BCUT2D eigenvalue weighted by molar-refractivity contribution is 0.0703. The molecule has 0 aliphatic rings. The zero-order chi connectivity index (χ0) is 21.1. The number of amides is 1. The molecule has 0 saturated carbocycles. The predicted molar refractivity (Wildman–Crippen MR) is 115 cm³/mol. The molecule has 158 valence electrons. The monoisotopic (exact) mass is 400 g/mol. The topological polar surface area (TPSA) is 105 Å². The van der Waals surface area contributed by atoms with Crippen LogP contribution in [0.2, 0.25) is 0 Å². The lowest BCUT2D eigenvalue weighted by Gasteiger charge is -2.22. The van der Waals surface area contributed by atoms with Gasteiger partial charge in [-0.05, 0) is 48.4 Å². The number of anilines is 1. The number of aliphatic hydroxyl groups excluding tert-OH is 2. The SMILES string of the molecule is CCCCCCCOc1ccc(C(=O)NC(CO)C(O)c2ccc(N)cc2)cc1. The van der Waals surface area contributed by atoms with Crippen molar-refractivity contribution in [2.24, 2.45) is 0 Å². The van der Waals surface area contributed by atoms with Gasteiger partial charge in [-0.1, -0.05) is 44.7 Å². The number of carbonyl (C=O) groups is 1. The summed E-state index contributed by atoms with van der Waals surface area (Å²) in [5, 5.41) is 22.7. The van der Waals surface area contributed by atoms with Crippen LogP contribution in [0.1, 0.15) is 61.1 Å². The minimum Gasteiger partial charge on any atom is -0.494 e. The van der Waals surface area contributed by atoms with Crippen molar-refractivity contribution < 1.29 is 19.7 Å². The maximum atomic E-state index is 12.5. The second-order valence-electron chi connectivity index (χ2n) is 7.16. The Bertz CT molecular complexity index is 732. The summed E-state index contributed by atoms with van der Waals surface area (Å²) in [4.78, 5) is 12.5. The van der Waals surface area contributed by atoms with Crippen LogP contribution >= 0.6 is 0 Å². The van der Waals surface area contributed by atoms with Gasteiger partial charge in [-0.25, -0.2) is 0 Å². The number of unbranched alkanes of at least 4 members (excludes halogenated alkanes) is 4. The number of hydrogen-bond acceptors (Lipinski definition) is 5. The minimum absolute atomic E-state index is 0.371. The van der Waals surface area contributed by atoms with Crippen molar-refractivity contribution in [1.82, 2.24) is 5.32 Å². The maximum absolute atomic E-state index is 12.5. The highest BCUT2D eigenvalue weighted by atomic mass is 16.5. The highest BCUT2D eigenvalue weighted by Crippen LogP contribution is 2.19. The molecule has 0 aliphatic heterocycles. The molecule has 0 heterocycles. The van der Waals surface area contributed by atoms with Gasteiger partial charge in [-0.2, -0.15) is 0 Å². The molecule has 2 atom stereocenters. The van der Waals surface area contributed by atoms with Crippen molar-refractivity contribution in [3.8, 4) is 5.75 Å². The summed E-state index contributed by atoms with van der Waals surface area (Å²) in [6, 6.07) is 12.7. The Balaban J connectivity index is 1.86. The van der Waals surface area contributed by atoms with Gasteiger partial charge in [0, 0.05) is 11.3 Å². The van der Waals surface area contributed by atoms with E-state index < -0.39 is 18.8 Å². The molecule has 5 N–H and O–H groups in total. The summed E-state index contributed by atoms with van der Waals surface area (Å²) in [6.07, 6.45) is 4.84. The first kappa shape index (κ1) is 22.7. The van der Waals surface area contributed by atoms with Crippen LogP contribution < -0.4 is 15.8 Å². The van der Waals surface area contributed by atoms with Crippen molar-refractivity contribution in [1.29, 1.82) is 0 Å². The van der Waals surface area contributed by atoms with Crippen molar-refractivity contribution in [2.45, 2.75) is 51.2 Å². The van der Waals surface area contributed by atoms with Crippen molar-refractivity contribution in [2.75, 3.05) is 18.9 Å². The largest absolute Gasteiger partial charge is 0.494 e. The molecule has 6 nitrogen and oxygen atoms in total. The van der Waals surface area contributed by atoms with Gasteiger partial charge < -0.3 is 26.0 Å². The average Bonchev–Trinajstić information content (AvgIpc) is 2.74. The fourth-order valence-electron chi connectivity index (χ4n) is 3.00. The number of nitrogens with one attached hydrogen (secondary N) is 1. The number of rotatable bonds is 12. The van der Waals surface area contributed by atoms with Crippen LogP contribution in [0.15, 0.2) is 48.5 Å². The third-order valence-corrected chi connectivity index (χ3v) is 4.81. The van der Waals surface area contributed by atoms with E-state index in [0.717, 1.165) is 18.6 Å². The molecule has 0 fully saturated rings. The van der Waals surface area contributed by atoms with Crippen LogP contribution in [-0.4, -0.2) is 35.4 Å². The predicted octanol–water partition coefficient (Wildman–Crippen LogP) is 3.44. The van der Waals surface area contributed by atoms with Crippen LogP contribution in [0.4, 0.5) is 5.69 Å². The van der Waals surface area contributed by atoms with E-state index in [0.29, 0.717) is 23.4 Å². The Kier molecular flexibility index (Phi) is 9.47. The average molecular weight is 401 g/mol. The van der Waals surface area contributed by atoms with Crippen molar-refractivity contribution in [3.05, 3.63) is 59.7 Å². The summed E-state index contributed by atoms with van der Waals surface area (Å²) in [5.74, 6) is 0.349. The van der Waals surface area contributed by atoms with E-state index in [9.17, 15) is 15.0 Å². The molecule has 0 bridgehead atoms. The van der Waals surface area contributed by atoms with E-state index in [1.165, 1.54) is 19.3 Å². The third-order valence-electron chi connectivity index (χ3n) is 4.81. The molecular weight excluding hydrogens is 368 g/mol. The van der Waals surface area contributed by atoms with E-state index >= 15 is 0 Å². The molecule has 2 rings (SSSR count). The summed E-state index contributed by atoms with van der Waals surface area (Å²) in [6.45, 7) is 2.46. The summed E-state index contributed by atoms with van der Waals surface area (Å²) >= 11 is 0. The van der Waals surface area contributed by atoms with Gasteiger partial charge in [0.15, 0.2) is 0 Å². The summed E-state index contributed by atoms with van der Waals surface area (Å²) in [5.41, 5.74) is 7.23. The van der Waals surface area contributed by atoms with E-state index in [1.807, 2.05) is 0 Å². The number of ether oxygens (including phenoxy) is 1. The Hall–Kier alpha value is -2.57. The molecule has 0 spiro atoms.